The van der Waals surface area contributed by atoms with E-state index in [1.54, 1.807) is 0 Å². The maximum Gasteiger partial charge on any atom is 0.416 e. The quantitative estimate of drug-likeness (QED) is 0.712. The number of alkyl halides is 3. The molecular weight excluding hydrogens is 447 g/mol. The first-order valence-corrected chi connectivity index (χ1v) is 9.39. The SMILES string of the molecule is COc1c(Br)cc(Cl)cc1S(=O)(=O)NCc1cccc(C(F)(F)F)c1. The molecular formula is C15H12BrClF3NO3S. The standard InChI is InChI=1S/C15H12BrClF3NO3S/c1-24-14-12(16)6-11(17)7-13(14)25(22,23)21-8-9-3-2-4-10(5-9)15(18,19)20/h2-7,21H,8H2,1H3. The van der Waals surface area contributed by atoms with Gasteiger partial charge in [0.1, 0.15) is 4.90 Å². The molecule has 0 aliphatic heterocycles. The maximum atomic E-state index is 12.7. The molecule has 4 nitrogen and oxygen atoms in total. The van der Waals surface area contributed by atoms with Gasteiger partial charge >= 0.3 is 6.18 Å². The van der Waals surface area contributed by atoms with Gasteiger partial charge in [-0.3, -0.25) is 0 Å². The molecule has 0 unspecified atom stereocenters. The van der Waals surface area contributed by atoms with E-state index >= 15 is 0 Å². The summed E-state index contributed by atoms with van der Waals surface area (Å²) < 4.78 is 70.8. The van der Waals surface area contributed by atoms with Crippen molar-refractivity contribution in [3.05, 3.63) is 57.0 Å². The monoisotopic (exact) mass is 457 g/mol. The van der Waals surface area contributed by atoms with Crippen molar-refractivity contribution >= 4 is 37.6 Å². The van der Waals surface area contributed by atoms with E-state index in [1.807, 2.05) is 0 Å². The van der Waals surface area contributed by atoms with E-state index in [0.717, 1.165) is 12.1 Å². The summed E-state index contributed by atoms with van der Waals surface area (Å²) in [6, 6.07) is 7.06. The van der Waals surface area contributed by atoms with Crippen LogP contribution in [0.15, 0.2) is 45.8 Å². The molecule has 0 bridgehead atoms. The Bertz CT molecular complexity index is 888. The van der Waals surface area contributed by atoms with Gasteiger partial charge < -0.3 is 4.74 Å². The van der Waals surface area contributed by atoms with Crippen molar-refractivity contribution in [3.63, 3.8) is 0 Å². The maximum absolute atomic E-state index is 12.7. The van der Waals surface area contributed by atoms with Gasteiger partial charge in [0.25, 0.3) is 0 Å². The van der Waals surface area contributed by atoms with Crippen LogP contribution in [0.4, 0.5) is 13.2 Å². The first-order chi connectivity index (χ1) is 11.5. The Balaban J connectivity index is 2.29. The zero-order chi connectivity index (χ0) is 18.8. The summed E-state index contributed by atoms with van der Waals surface area (Å²) in [6.07, 6.45) is -4.50. The van der Waals surface area contributed by atoms with Crippen molar-refractivity contribution in [3.8, 4) is 5.75 Å². The first kappa shape index (κ1) is 20.0. The average molecular weight is 459 g/mol. The third kappa shape index (κ3) is 4.87. The van der Waals surface area contributed by atoms with Gasteiger partial charge in [0.05, 0.1) is 17.1 Å². The predicted molar refractivity (Wildman–Crippen MR) is 91.2 cm³/mol. The molecule has 0 atom stereocenters. The molecule has 10 heteroatoms. The van der Waals surface area contributed by atoms with Crippen LogP contribution in [0.2, 0.25) is 5.02 Å². The lowest BCUT2D eigenvalue weighted by Crippen LogP contribution is -2.24. The van der Waals surface area contributed by atoms with E-state index in [2.05, 4.69) is 20.7 Å². The fraction of sp³-hybridized carbons (Fsp3) is 0.200. The van der Waals surface area contributed by atoms with Gasteiger partial charge in [-0.05, 0) is 39.7 Å². The summed E-state index contributed by atoms with van der Waals surface area (Å²) in [4.78, 5) is -0.221. The Morgan fingerprint density at radius 2 is 1.92 bits per heavy atom. The van der Waals surface area contributed by atoms with Crippen molar-refractivity contribution in [2.75, 3.05) is 7.11 Å². The molecule has 0 saturated carbocycles. The molecule has 0 radical (unpaired) electrons. The highest BCUT2D eigenvalue weighted by Gasteiger charge is 2.30. The average Bonchev–Trinajstić information content (AvgIpc) is 2.52. The highest BCUT2D eigenvalue weighted by molar-refractivity contribution is 9.10. The second kappa shape index (κ2) is 7.53. The van der Waals surface area contributed by atoms with Crippen LogP contribution in [0.1, 0.15) is 11.1 Å². The summed E-state index contributed by atoms with van der Waals surface area (Å²) in [5.41, 5.74) is -0.689. The molecule has 0 spiro atoms. The Morgan fingerprint density at radius 3 is 2.52 bits per heavy atom. The highest BCUT2D eigenvalue weighted by Crippen LogP contribution is 2.35. The summed E-state index contributed by atoms with van der Waals surface area (Å²) in [5, 5.41) is 0.159. The molecule has 0 aliphatic rings. The number of hydrogen-bond acceptors (Lipinski definition) is 3. The molecule has 2 aromatic rings. The number of rotatable bonds is 5. The number of sulfonamides is 1. The van der Waals surface area contributed by atoms with Crippen molar-refractivity contribution in [1.29, 1.82) is 0 Å². The molecule has 1 N–H and O–H groups in total. The lowest BCUT2D eigenvalue weighted by atomic mass is 10.1. The minimum Gasteiger partial charge on any atom is -0.494 e. The normalized spacial score (nSPS) is 12.2. The Kier molecular flexibility index (Phi) is 6.03. The molecule has 0 aliphatic carbocycles. The lowest BCUT2D eigenvalue weighted by Gasteiger charge is -2.13. The number of benzene rings is 2. The summed E-state index contributed by atoms with van der Waals surface area (Å²) in [6.45, 7) is -0.320. The highest BCUT2D eigenvalue weighted by atomic mass is 79.9. The minimum absolute atomic E-state index is 0.0425. The Labute approximate surface area is 156 Å². The summed E-state index contributed by atoms with van der Waals surface area (Å²) >= 11 is 9.02. The van der Waals surface area contributed by atoms with Gasteiger partial charge in [-0.15, -0.1) is 0 Å². The van der Waals surface area contributed by atoms with Crippen LogP contribution in [-0.4, -0.2) is 15.5 Å². The third-order valence-electron chi connectivity index (χ3n) is 3.19. The number of ether oxygens (including phenoxy) is 1. The van der Waals surface area contributed by atoms with Crippen LogP contribution >= 0.6 is 27.5 Å². The van der Waals surface area contributed by atoms with Gasteiger partial charge in [-0.1, -0.05) is 29.8 Å². The zero-order valence-corrected chi connectivity index (χ0v) is 15.9. The minimum atomic E-state index is -4.50. The van der Waals surface area contributed by atoms with Crippen molar-refractivity contribution in [2.45, 2.75) is 17.6 Å². The van der Waals surface area contributed by atoms with Crippen molar-refractivity contribution < 1.29 is 26.3 Å². The van der Waals surface area contributed by atoms with E-state index in [0.29, 0.717) is 4.47 Å². The molecule has 0 aromatic heterocycles. The molecule has 25 heavy (non-hydrogen) atoms. The van der Waals surface area contributed by atoms with Crippen molar-refractivity contribution in [1.82, 2.24) is 4.72 Å². The summed E-state index contributed by atoms with van der Waals surface area (Å²) in [5.74, 6) is 0.0425. The zero-order valence-electron chi connectivity index (χ0n) is 12.7. The smallest absolute Gasteiger partial charge is 0.416 e. The molecule has 136 valence electrons. The second-order valence-corrected chi connectivity index (χ2v) is 7.97. The Morgan fingerprint density at radius 1 is 1.24 bits per heavy atom. The number of halogens is 5. The lowest BCUT2D eigenvalue weighted by molar-refractivity contribution is -0.137. The van der Waals surface area contributed by atoms with Gasteiger partial charge in [0.15, 0.2) is 5.75 Å². The molecule has 2 aromatic carbocycles. The topological polar surface area (TPSA) is 55.4 Å². The van der Waals surface area contributed by atoms with Crippen LogP contribution in [0.3, 0.4) is 0 Å². The van der Waals surface area contributed by atoms with Crippen LogP contribution in [-0.2, 0) is 22.7 Å². The van der Waals surface area contributed by atoms with Gasteiger partial charge in [0, 0.05) is 11.6 Å². The van der Waals surface area contributed by atoms with Gasteiger partial charge in [-0.25, -0.2) is 13.1 Å². The van der Waals surface area contributed by atoms with E-state index < -0.39 is 21.8 Å². The van der Waals surface area contributed by atoms with Crippen LogP contribution in [0.5, 0.6) is 5.75 Å². The second-order valence-electron chi connectivity index (χ2n) is 4.94. The number of hydrogen-bond donors (Lipinski definition) is 1. The molecule has 0 saturated heterocycles. The van der Waals surface area contributed by atoms with Crippen LogP contribution in [0.25, 0.3) is 0 Å². The van der Waals surface area contributed by atoms with E-state index in [9.17, 15) is 21.6 Å². The number of methoxy groups -OCH3 is 1. The van der Waals surface area contributed by atoms with Crippen LogP contribution in [0, 0.1) is 0 Å². The molecule has 2 rings (SSSR count). The van der Waals surface area contributed by atoms with Gasteiger partial charge in [0.2, 0.25) is 10.0 Å². The predicted octanol–water partition coefficient (Wildman–Crippen LogP) is 4.61. The fourth-order valence-electron chi connectivity index (χ4n) is 2.05. The molecule has 0 fully saturated rings. The van der Waals surface area contributed by atoms with E-state index in [4.69, 9.17) is 16.3 Å². The Hall–Kier alpha value is -1.29. The van der Waals surface area contributed by atoms with Crippen LogP contribution < -0.4 is 9.46 Å². The first-order valence-electron chi connectivity index (χ1n) is 6.73. The summed E-state index contributed by atoms with van der Waals surface area (Å²) in [7, 11) is -2.77. The largest absolute Gasteiger partial charge is 0.494 e. The van der Waals surface area contributed by atoms with Crippen molar-refractivity contribution in [2.24, 2.45) is 0 Å². The number of nitrogens with one attached hydrogen (secondary N) is 1. The van der Waals surface area contributed by atoms with E-state index in [1.165, 1.54) is 31.4 Å². The molecule has 0 amide bonds. The fourth-order valence-corrected chi connectivity index (χ4v) is 4.45. The third-order valence-corrected chi connectivity index (χ3v) is 5.40. The van der Waals surface area contributed by atoms with E-state index in [-0.39, 0.29) is 27.8 Å². The van der Waals surface area contributed by atoms with Gasteiger partial charge in [-0.2, -0.15) is 13.2 Å². The molecule has 0 heterocycles.